The molecule has 9 heteroatoms. The molecule has 0 fully saturated rings. The van der Waals surface area contributed by atoms with E-state index < -0.39 is 41.8 Å². The lowest BCUT2D eigenvalue weighted by atomic mass is 10.1. The van der Waals surface area contributed by atoms with Crippen molar-refractivity contribution < 1.29 is 31.9 Å². The largest absolute Gasteiger partial charge is 0.481 e. The highest BCUT2D eigenvalue weighted by Gasteiger charge is 2.36. The summed E-state index contributed by atoms with van der Waals surface area (Å²) in [6.45, 7) is 0. The molecular formula is C9H5F5INO2. The zero-order valence-corrected chi connectivity index (χ0v) is 10.6. The van der Waals surface area contributed by atoms with Crippen molar-refractivity contribution in [1.82, 2.24) is 4.98 Å². The van der Waals surface area contributed by atoms with Gasteiger partial charge < -0.3 is 5.11 Å². The number of nitrogens with zero attached hydrogens (tertiary/aromatic N) is 1. The molecule has 1 heterocycles. The summed E-state index contributed by atoms with van der Waals surface area (Å²) in [7, 11) is 0. The van der Waals surface area contributed by atoms with Gasteiger partial charge in [-0.2, -0.15) is 13.2 Å². The quantitative estimate of drug-likeness (QED) is 0.497. The highest BCUT2D eigenvalue weighted by molar-refractivity contribution is 14.1. The van der Waals surface area contributed by atoms with Gasteiger partial charge in [-0.05, 0) is 28.7 Å². The van der Waals surface area contributed by atoms with Gasteiger partial charge in [-0.3, -0.25) is 4.79 Å². The van der Waals surface area contributed by atoms with Crippen molar-refractivity contribution in [1.29, 1.82) is 0 Å². The third-order valence-corrected chi connectivity index (χ3v) is 2.81. The second-order valence-electron chi connectivity index (χ2n) is 3.23. The van der Waals surface area contributed by atoms with Crippen molar-refractivity contribution in [3.63, 3.8) is 0 Å². The minimum Gasteiger partial charge on any atom is -0.481 e. The first-order valence-corrected chi connectivity index (χ1v) is 5.47. The maximum Gasteiger partial charge on any atom is 0.418 e. The second-order valence-corrected chi connectivity index (χ2v) is 4.25. The van der Waals surface area contributed by atoms with Gasteiger partial charge in [0.2, 0.25) is 0 Å². The molecule has 0 atom stereocenters. The Morgan fingerprint density at radius 2 is 2.00 bits per heavy atom. The number of halogens is 6. The average Bonchev–Trinajstić information content (AvgIpc) is 2.13. The molecule has 18 heavy (non-hydrogen) atoms. The number of carboxylic acids is 1. The number of alkyl halides is 5. The third-order valence-electron chi connectivity index (χ3n) is 1.94. The van der Waals surface area contributed by atoms with Crippen molar-refractivity contribution in [2.75, 3.05) is 0 Å². The number of carboxylic acid groups (broad SMARTS) is 1. The Bertz CT molecular complexity index is 475. The lowest BCUT2D eigenvalue weighted by Gasteiger charge is -2.13. The third kappa shape index (κ3) is 3.50. The van der Waals surface area contributed by atoms with E-state index in [1.165, 1.54) is 22.6 Å². The monoisotopic (exact) mass is 381 g/mol. The van der Waals surface area contributed by atoms with E-state index >= 15 is 0 Å². The lowest BCUT2D eigenvalue weighted by molar-refractivity contribution is -0.140. The minimum absolute atomic E-state index is 0.248. The average molecular weight is 381 g/mol. The van der Waals surface area contributed by atoms with Crippen LogP contribution in [-0.2, 0) is 17.4 Å². The SMILES string of the molecule is O=C(O)Cc1nc(I)c(C(F)F)cc1C(F)(F)F. The summed E-state index contributed by atoms with van der Waals surface area (Å²) in [6, 6.07) is 0.248. The van der Waals surface area contributed by atoms with Gasteiger partial charge in [-0.15, -0.1) is 0 Å². The fourth-order valence-corrected chi connectivity index (χ4v) is 1.90. The van der Waals surface area contributed by atoms with Gasteiger partial charge in [-0.25, -0.2) is 13.8 Å². The number of hydrogen-bond donors (Lipinski definition) is 1. The molecule has 0 saturated heterocycles. The summed E-state index contributed by atoms with van der Waals surface area (Å²) in [5, 5.41) is 8.47. The molecule has 0 aromatic carbocycles. The van der Waals surface area contributed by atoms with Gasteiger partial charge in [-0.1, -0.05) is 0 Å². The predicted octanol–water partition coefficient (Wildman–Crippen LogP) is 3.27. The van der Waals surface area contributed by atoms with Crippen LogP contribution in [0.2, 0.25) is 0 Å². The molecular weight excluding hydrogens is 376 g/mol. The van der Waals surface area contributed by atoms with E-state index in [-0.39, 0.29) is 9.77 Å². The smallest absolute Gasteiger partial charge is 0.418 e. The topological polar surface area (TPSA) is 50.2 Å². The van der Waals surface area contributed by atoms with E-state index in [2.05, 4.69) is 4.98 Å². The standard InChI is InChI=1S/C9H5F5INO2/c10-7(11)3-1-4(9(12,13)14)5(2-6(17)18)16-8(3)15/h1,7H,2H2,(H,17,18). The van der Waals surface area contributed by atoms with Crippen LogP contribution in [0.15, 0.2) is 6.07 Å². The predicted molar refractivity (Wildman–Crippen MR) is 58.3 cm³/mol. The fourth-order valence-electron chi connectivity index (χ4n) is 1.22. The van der Waals surface area contributed by atoms with Crippen LogP contribution in [0.5, 0.6) is 0 Å². The van der Waals surface area contributed by atoms with Crippen molar-refractivity contribution in [3.05, 3.63) is 26.6 Å². The fraction of sp³-hybridized carbons (Fsp3) is 0.333. The maximum absolute atomic E-state index is 12.6. The molecule has 1 rings (SSSR count). The molecule has 0 amide bonds. The number of rotatable bonds is 3. The summed E-state index contributed by atoms with van der Waals surface area (Å²) in [5.74, 6) is -1.52. The molecule has 1 aromatic rings. The first-order chi connectivity index (χ1) is 8.12. The molecule has 1 N–H and O–H groups in total. The van der Waals surface area contributed by atoms with Gasteiger partial charge in [0.1, 0.15) is 3.70 Å². The van der Waals surface area contributed by atoms with Crippen molar-refractivity contribution in [2.45, 2.75) is 19.0 Å². The van der Waals surface area contributed by atoms with Gasteiger partial charge >= 0.3 is 12.1 Å². The Kier molecular flexibility index (Phi) is 4.46. The summed E-state index contributed by atoms with van der Waals surface area (Å²) >= 11 is 1.34. The first kappa shape index (κ1) is 15.1. The van der Waals surface area contributed by atoms with Crippen LogP contribution in [0.4, 0.5) is 22.0 Å². The summed E-state index contributed by atoms with van der Waals surface area (Å²) < 4.78 is 62.4. The number of carbonyl (C=O) groups is 1. The molecule has 0 aliphatic rings. The Hall–Kier alpha value is -1.00. The van der Waals surface area contributed by atoms with E-state index in [1.54, 1.807) is 0 Å². The summed E-state index contributed by atoms with van der Waals surface area (Å²) in [6.07, 6.45) is -9.01. The van der Waals surface area contributed by atoms with Gasteiger partial charge in [0.15, 0.2) is 0 Å². The number of pyridine rings is 1. The highest BCUT2D eigenvalue weighted by atomic mass is 127. The maximum atomic E-state index is 12.6. The first-order valence-electron chi connectivity index (χ1n) is 4.39. The molecule has 0 spiro atoms. The Morgan fingerprint density at radius 1 is 1.44 bits per heavy atom. The van der Waals surface area contributed by atoms with E-state index in [0.29, 0.717) is 0 Å². The molecule has 1 aromatic heterocycles. The Balaban J connectivity index is 3.42. The van der Waals surface area contributed by atoms with Gasteiger partial charge in [0.25, 0.3) is 6.43 Å². The highest BCUT2D eigenvalue weighted by Crippen LogP contribution is 2.35. The Labute approximate surface area is 111 Å². The molecule has 0 bridgehead atoms. The van der Waals surface area contributed by atoms with Crippen LogP contribution in [0.3, 0.4) is 0 Å². The second kappa shape index (κ2) is 5.33. The van der Waals surface area contributed by atoms with Crippen LogP contribution in [-0.4, -0.2) is 16.1 Å². The molecule has 0 radical (unpaired) electrons. The molecule has 0 saturated carbocycles. The van der Waals surface area contributed by atoms with Gasteiger partial charge in [0.05, 0.1) is 23.2 Å². The lowest BCUT2D eigenvalue weighted by Crippen LogP contribution is -2.16. The zero-order chi connectivity index (χ0) is 14.1. The number of aromatic nitrogens is 1. The van der Waals surface area contributed by atoms with Crippen LogP contribution < -0.4 is 0 Å². The summed E-state index contributed by atoms with van der Waals surface area (Å²) in [4.78, 5) is 13.7. The molecule has 0 aliphatic carbocycles. The molecule has 3 nitrogen and oxygen atoms in total. The van der Waals surface area contributed by atoms with Crippen molar-refractivity contribution in [3.8, 4) is 0 Å². The van der Waals surface area contributed by atoms with Crippen molar-refractivity contribution >= 4 is 28.6 Å². The minimum atomic E-state index is -4.92. The Morgan fingerprint density at radius 3 is 2.39 bits per heavy atom. The van der Waals surface area contributed by atoms with E-state index in [1.807, 2.05) is 0 Å². The number of hydrogen-bond acceptors (Lipinski definition) is 2. The van der Waals surface area contributed by atoms with Crippen LogP contribution in [0, 0.1) is 3.70 Å². The molecule has 0 unspecified atom stereocenters. The van der Waals surface area contributed by atoms with Crippen LogP contribution in [0.25, 0.3) is 0 Å². The zero-order valence-electron chi connectivity index (χ0n) is 8.43. The van der Waals surface area contributed by atoms with Gasteiger partial charge in [0, 0.05) is 0 Å². The van der Waals surface area contributed by atoms with E-state index in [0.717, 1.165) is 0 Å². The number of aliphatic carboxylic acids is 1. The van der Waals surface area contributed by atoms with Crippen LogP contribution >= 0.6 is 22.6 Å². The van der Waals surface area contributed by atoms with E-state index in [9.17, 15) is 26.7 Å². The molecule has 100 valence electrons. The molecule has 0 aliphatic heterocycles. The van der Waals surface area contributed by atoms with E-state index in [4.69, 9.17) is 5.11 Å². The van der Waals surface area contributed by atoms with Crippen molar-refractivity contribution in [2.24, 2.45) is 0 Å². The normalized spacial score (nSPS) is 11.9. The van der Waals surface area contributed by atoms with Crippen LogP contribution in [0.1, 0.15) is 23.2 Å². The summed E-state index contributed by atoms with van der Waals surface area (Å²) in [5.41, 5.74) is -3.08.